The predicted molar refractivity (Wildman–Crippen MR) is 76.4 cm³/mol. The number of imidazole rings is 1. The fourth-order valence-corrected chi connectivity index (χ4v) is 4.36. The Balaban J connectivity index is 1.42. The highest BCUT2D eigenvalue weighted by molar-refractivity contribution is 5.49. The Morgan fingerprint density at radius 1 is 1.25 bits per heavy atom. The number of fused-ring (bicyclic) bond motifs is 1. The van der Waals surface area contributed by atoms with Crippen molar-refractivity contribution >= 4 is 6.41 Å². The zero-order chi connectivity index (χ0) is 13.6. The summed E-state index contributed by atoms with van der Waals surface area (Å²) in [5, 5.41) is 0. The summed E-state index contributed by atoms with van der Waals surface area (Å²) in [6, 6.07) is 0. The molecule has 4 rings (SSSR count). The first-order valence-electron chi connectivity index (χ1n) is 8.03. The first-order chi connectivity index (χ1) is 9.78. The van der Waals surface area contributed by atoms with Crippen LogP contribution in [0.2, 0.25) is 0 Å². The van der Waals surface area contributed by atoms with Crippen LogP contribution in [0.3, 0.4) is 0 Å². The Labute approximate surface area is 120 Å². The molecular formula is C16H23N3O. The number of nitrogens with zero attached hydrogens (tertiary/aromatic N) is 3. The quantitative estimate of drug-likeness (QED) is 0.776. The predicted octanol–water partition coefficient (Wildman–Crippen LogP) is 2.34. The monoisotopic (exact) mass is 273 g/mol. The van der Waals surface area contributed by atoms with Crippen LogP contribution >= 0.6 is 0 Å². The maximum absolute atomic E-state index is 10.7. The molecule has 20 heavy (non-hydrogen) atoms. The minimum atomic E-state index is 0.455. The number of aryl methyl sites for hydroxylation is 2. The maximum Gasteiger partial charge on any atom is 0.209 e. The summed E-state index contributed by atoms with van der Waals surface area (Å²) in [5.74, 6) is 1.96. The van der Waals surface area contributed by atoms with Gasteiger partial charge in [-0.3, -0.25) is 4.79 Å². The van der Waals surface area contributed by atoms with Crippen molar-refractivity contribution in [3.05, 3.63) is 17.7 Å². The van der Waals surface area contributed by atoms with Crippen molar-refractivity contribution in [1.82, 2.24) is 14.5 Å². The van der Waals surface area contributed by atoms with Gasteiger partial charge in [0.25, 0.3) is 0 Å². The van der Waals surface area contributed by atoms with E-state index in [0.29, 0.717) is 11.3 Å². The molecule has 1 saturated carbocycles. The third-order valence-electron chi connectivity index (χ3n) is 5.62. The number of likely N-dealkylation sites (tertiary alicyclic amines) is 1. The molecule has 1 amide bonds. The van der Waals surface area contributed by atoms with Gasteiger partial charge in [0.1, 0.15) is 5.82 Å². The van der Waals surface area contributed by atoms with Crippen LogP contribution in [0.5, 0.6) is 0 Å². The Morgan fingerprint density at radius 3 is 2.75 bits per heavy atom. The normalized spacial score (nSPS) is 25.3. The smallest absolute Gasteiger partial charge is 0.209 e. The lowest BCUT2D eigenvalue weighted by atomic mass is 9.65. The summed E-state index contributed by atoms with van der Waals surface area (Å²) in [6.07, 6.45) is 12.1. The first kappa shape index (κ1) is 12.4. The van der Waals surface area contributed by atoms with Crippen molar-refractivity contribution in [2.24, 2.45) is 5.41 Å². The summed E-state index contributed by atoms with van der Waals surface area (Å²) in [5.41, 5.74) is 1.79. The number of aromatic nitrogens is 2. The summed E-state index contributed by atoms with van der Waals surface area (Å²) < 4.78 is 2.38. The Kier molecular flexibility index (Phi) is 2.86. The third kappa shape index (κ3) is 1.97. The summed E-state index contributed by atoms with van der Waals surface area (Å²) in [4.78, 5) is 17.5. The molecule has 0 radical (unpaired) electrons. The Morgan fingerprint density at radius 2 is 2.05 bits per heavy atom. The summed E-state index contributed by atoms with van der Waals surface area (Å²) in [7, 11) is 0. The fourth-order valence-electron chi connectivity index (χ4n) is 4.36. The second kappa shape index (κ2) is 4.61. The standard InChI is InChI=1S/C16H23N3O/c20-12-18-10-16(11-18)6-4-13(5-7-16)14-9-19-8-2-1-3-15(19)17-14/h9,12-13H,1-8,10-11H2. The van der Waals surface area contributed by atoms with Gasteiger partial charge in [0, 0.05) is 43.6 Å². The zero-order valence-electron chi connectivity index (χ0n) is 12.1. The van der Waals surface area contributed by atoms with Crippen molar-refractivity contribution in [3.63, 3.8) is 0 Å². The average molecular weight is 273 g/mol. The topological polar surface area (TPSA) is 38.1 Å². The molecular weight excluding hydrogens is 250 g/mol. The van der Waals surface area contributed by atoms with Gasteiger partial charge in [0.2, 0.25) is 6.41 Å². The van der Waals surface area contributed by atoms with Gasteiger partial charge < -0.3 is 9.47 Å². The van der Waals surface area contributed by atoms with E-state index in [2.05, 4.69) is 10.8 Å². The number of carbonyl (C=O) groups excluding carboxylic acids is 1. The van der Waals surface area contributed by atoms with Crippen molar-refractivity contribution in [3.8, 4) is 0 Å². The molecule has 2 aliphatic heterocycles. The van der Waals surface area contributed by atoms with E-state index in [9.17, 15) is 4.79 Å². The largest absolute Gasteiger partial charge is 0.344 e. The maximum atomic E-state index is 10.7. The number of amides is 1. The van der Waals surface area contributed by atoms with E-state index in [0.717, 1.165) is 32.5 Å². The van der Waals surface area contributed by atoms with Crippen molar-refractivity contribution < 1.29 is 4.79 Å². The number of hydrogen-bond donors (Lipinski definition) is 0. The summed E-state index contributed by atoms with van der Waals surface area (Å²) >= 11 is 0. The van der Waals surface area contributed by atoms with Gasteiger partial charge in [-0.15, -0.1) is 0 Å². The Hall–Kier alpha value is -1.32. The van der Waals surface area contributed by atoms with Gasteiger partial charge in [-0.25, -0.2) is 4.98 Å². The Bertz CT molecular complexity index is 482. The van der Waals surface area contributed by atoms with Gasteiger partial charge in [-0.1, -0.05) is 0 Å². The molecule has 108 valence electrons. The molecule has 0 atom stereocenters. The molecule has 1 spiro atoms. The first-order valence-corrected chi connectivity index (χ1v) is 8.03. The van der Waals surface area contributed by atoms with Crippen LogP contribution in [0.25, 0.3) is 0 Å². The molecule has 1 saturated heterocycles. The lowest BCUT2D eigenvalue weighted by molar-refractivity contribution is -0.131. The van der Waals surface area contributed by atoms with Gasteiger partial charge in [0.05, 0.1) is 5.69 Å². The average Bonchev–Trinajstić information content (AvgIpc) is 2.88. The summed E-state index contributed by atoms with van der Waals surface area (Å²) in [6.45, 7) is 3.14. The molecule has 2 fully saturated rings. The molecule has 0 N–H and O–H groups in total. The zero-order valence-corrected chi connectivity index (χ0v) is 12.1. The van der Waals surface area contributed by atoms with E-state index in [1.807, 2.05) is 4.90 Å². The van der Waals surface area contributed by atoms with Gasteiger partial charge >= 0.3 is 0 Å². The third-order valence-corrected chi connectivity index (χ3v) is 5.62. The van der Waals surface area contributed by atoms with Crippen LogP contribution in [0.15, 0.2) is 6.20 Å². The molecule has 1 aromatic heterocycles. The van der Waals surface area contributed by atoms with Crippen molar-refractivity contribution in [2.75, 3.05) is 13.1 Å². The van der Waals surface area contributed by atoms with Crippen molar-refractivity contribution in [1.29, 1.82) is 0 Å². The SMILES string of the molecule is O=CN1CC2(CCC(c3cn4c(n3)CCCC4)CC2)C1. The van der Waals surface area contributed by atoms with E-state index in [4.69, 9.17) is 4.98 Å². The molecule has 4 nitrogen and oxygen atoms in total. The second-order valence-electron chi connectivity index (χ2n) is 7.02. The van der Waals surface area contributed by atoms with Crippen LogP contribution in [-0.4, -0.2) is 34.0 Å². The highest BCUT2D eigenvalue weighted by atomic mass is 16.1. The van der Waals surface area contributed by atoms with E-state index in [1.54, 1.807) is 0 Å². The number of hydrogen-bond acceptors (Lipinski definition) is 2. The van der Waals surface area contributed by atoms with E-state index in [-0.39, 0.29) is 0 Å². The van der Waals surface area contributed by atoms with Gasteiger partial charge in [0.15, 0.2) is 0 Å². The van der Waals surface area contributed by atoms with E-state index < -0.39 is 0 Å². The lowest BCUT2D eigenvalue weighted by Gasteiger charge is -2.52. The lowest BCUT2D eigenvalue weighted by Crippen LogP contribution is -2.56. The molecule has 0 aromatic carbocycles. The van der Waals surface area contributed by atoms with Crippen LogP contribution in [0.4, 0.5) is 0 Å². The minimum Gasteiger partial charge on any atom is -0.344 e. The van der Waals surface area contributed by atoms with Crippen LogP contribution in [0, 0.1) is 5.41 Å². The van der Waals surface area contributed by atoms with E-state index in [1.165, 1.54) is 50.0 Å². The molecule has 1 aliphatic carbocycles. The highest BCUT2D eigenvalue weighted by Crippen LogP contribution is 2.47. The molecule has 0 unspecified atom stereocenters. The number of carbonyl (C=O) groups is 1. The van der Waals surface area contributed by atoms with Gasteiger partial charge in [-0.2, -0.15) is 0 Å². The highest BCUT2D eigenvalue weighted by Gasteiger charge is 2.45. The van der Waals surface area contributed by atoms with Crippen LogP contribution in [0.1, 0.15) is 56.0 Å². The van der Waals surface area contributed by atoms with Gasteiger partial charge in [-0.05, 0) is 38.5 Å². The minimum absolute atomic E-state index is 0.455. The molecule has 4 heteroatoms. The molecule has 1 aromatic rings. The second-order valence-corrected chi connectivity index (χ2v) is 7.02. The number of rotatable bonds is 2. The fraction of sp³-hybridized carbons (Fsp3) is 0.750. The molecule has 3 aliphatic rings. The molecule has 3 heterocycles. The van der Waals surface area contributed by atoms with Crippen LogP contribution < -0.4 is 0 Å². The van der Waals surface area contributed by atoms with Crippen molar-refractivity contribution in [2.45, 2.75) is 57.4 Å². The van der Waals surface area contributed by atoms with E-state index >= 15 is 0 Å². The molecule has 0 bridgehead atoms. The van der Waals surface area contributed by atoms with Crippen LogP contribution in [-0.2, 0) is 17.8 Å².